The highest BCUT2D eigenvalue weighted by molar-refractivity contribution is 5.97. The molecule has 0 aliphatic rings. The lowest BCUT2D eigenvalue weighted by molar-refractivity contribution is -0.127. The predicted molar refractivity (Wildman–Crippen MR) is 114 cm³/mol. The number of amides is 2. The second-order valence-electron chi connectivity index (χ2n) is 6.64. The average Bonchev–Trinajstić information content (AvgIpc) is 3.30. The first-order valence-corrected chi connectivity index (χ1v) is 9.89. The summed E-state index contributed by atoms with van der Waals surface area (Å²) < 4.78 is 10.9. The number of oxazole rings is 1. The lowest BCUT2D eigenvalue weighted by Gasteiger charge is -2.08. The number of carbonyl (C=O) groups excluding carboxylic acids is 3. The third kappa shape index (κ3) is 6.02. The van der Waals surface area contributed by atoms with E-state index in [-0.39, 0.29) is 23.9 Å². The normalized spacial score (nSPS) is 10.4. The van der Waals surface area contributed by atoms with Gasteiger partial charge in [0.2, 0.25) is 11.8 Å². The predicted octanol–water partition coefficient (Wildman–Crippen LogP) is 2.81. The van der Waals surface area contributed by atoms with Gasteiger partial charge in [0, 0.05) is 12.1 Å². The average molecular weight is 421 g/mol. The molecule has 2 amide bonds. The van der Waals surface area contributed by atoms with Crippen LogP contribution >= 0.6 is 0 Å². The van der Waals surface area contributed by atoms with E-state index in [9.17, 15) is 14.4 Å². The van der Waals surface area contributed by atoms with Crippen molar-refractivity contribution < 1.29 is 23.5 Å². The lowest BCUT2D eigenvalue weighted by atomic mass is 10.1. The summed E-state index contributed by atoms with van der Waals surface area (Å²) in [5.41, 5.74) is 1.53. The quantitative estimate of drug-likeness (QED) is 0.514. The van der Waals surface area contributed by atoms with Gasteiger partial charge in [0.05, 0.1) is 23.9 Å². The SMILES string of the molecule is CCCNC(=O)CNC(=O)COC(=O)c1ccccc1-c1ncc(-c2ccccc2)o1. The monoisotopic (exact) mass is 421 g/mol. The highest BCUT2D eigenvalue weighted by Crippen LogP contribution is 2.28. The van der Waals surface area contributed by atoms with Crippen LogP contribution in [0.1, 0.15) is 23.7 Å². The number of hydrogen-bond acceptors (Lipinski definition) is 6. The minimum Gasteiger partial charge on any atom is -0.452 e. The lowest BCUT2D eigenvalue weighted by Crippen LogP contribution is -2.38. The molecular formula is C23H23N3O5. The first-order chi connectivity index (χ1) is 15.1. The van der Waals surface area contributed by atoms with Crippen molar-refractivity contribution in [3.05, 3.63) is 66.4 Å². The molecule has 3 rings (SSSR count). The smallest absolute Gasteiger partial charge is 0.339 e. The van der Waals surface area contributed by atoms with Gasteiger partial charge in [-0.3, -0.25) is 9.59 Å². The first-order valence-electron chi connectivity index (χ1n) is 9.89. The molecule has 0 saturated carbocycles. The Labute approximate surface area is 179 Å². The Balaban J connectivity index is 1.63. The first kappa shape index (κ1) is 21.8. The fraction of sp³-hybridized carbons (Fsp3) is 0.217. The molecule has 160 valence electrons. The van der Waals surface area contributed by atoms with Gasteiger partial charge in [0.25, 0.3) is 5.91 Å². The van der Waals surface area contributed by atoms with Crippen LogP contribution in [0.4, 0.5) is 0 Å². The largest absolute Gasteiger partial charge is 0.452 e. The fourth-order valence-corrected chi connectivity index (χ4v) is 2.75. The zero-order chi connectivity index (χ0) is 22.1. The molecule has 1 heterocycles. The van der Waals surface area contributed by atoms with Crippen LogP contribution < -0.4 is 10.6 Å². The summed E-state index contributed by atoms with van der Waals surface area (Å²) in [6, 6.07) is 16.2. The molecule has 0 radical (unpaired) electrons. The zero-order valence-corrected chi connectivity index (χ0v) is 17.1. The van der Waals surface area contributed by atoms with Gasteiger partial charge in [-0.1, -0.05) is 49.4 Å². The summed E-state index contributed by atoms with van der Waals surface area (Å²) in [6.45, 7) is 1.78. The topological polar surface area (TPSA) is 111 Å². The van der Waals surface area contributed by atoms with E-state index in [1.54, 1.807) is 30.5 Å². The summed E-state index contributed by atoms with van der Waals surface area (Å²) >= 11 is 0. The van der Waals surface area contributed by atoms with E-state index in [1.807, 2.05) is 37.3 Å². The van der Waals surface area contributed by atoms with Crippen LogP contribution in [-0.4, -0.2) is 42.5 Å². The number of benzene rings is 2. The van der Waals surface area contributed by atoms with E-state index >= 15 is 0 Å². The van der Waals surface area contributed by atoms with Gasteiger partial charge in [-0.2, -0.15) is 0 Å². The van der Waals surface area contributed by atoms with Crippen molar-refractivity contribution >= 4 is 17.8 Å². The highest BCUT2D eigenvalue weighted by Gasteiger charge is 2.19. The van der Waals surface area contributed by atoms with Crippen molar-refractivity contribution in [2.45, 2.75) is 13.3 Å². The number of nitrogens with one attached hydrogen (secondary N) is 2. The molecule has 0 aliphatic carbocycles. The van der Waals surface area contributed by atoms with Gasteiger partial charge < -0.3 is 19.8 Å². The summed E-state index contributed by atoms with van der Waals surface area (Å²) in [5, 5.41) is 5.05. The fourth-order valence-electron chi connectivity index (χ4n) is 2.75. The standard InChI is InChI=1S/C23H23N3O5/c1-2-12-24-20(27)14-25-21(28)15-30-23(29)18-11-7-6-10-17(18)22-26-13-19(31-22)16-8-4-3-5-9-16/h3-11,13H,2,12,14-15H2,1H3,(H,24,27)(H,25,28). The maximum absolute atomic E-state index is 12.5. The molecule has 8 heteroatoms. The van der Waals surface area contributed by atoms with Gasteiger partial charge in [-0.15, -0.1) is 0 Å². The third-order valence-electron chi connectivity index (χ3n) is 4.29. The highest BCUT2D eigenvalue weighted by atomic mass is 16.5. The number of aromatic nitrogens is 1. The van der Waals surface area contributed by atoms with Crippen molar-refractivity contribution in [3.8, 4) is 22.8 Å². The van der Waals surface area contributed by atoms with Crippen LogP contribution in [0.15, 0.2) is 65.2 Å². The van der Waals surface area contributed by atoms with E-state index in [0.717, 1.165) is 12.0 Å². The van der Waals surface area contributed by atoms with Crippen molar-refractivity contribution in [2.75, 3.05) is 19.7 Å². The molecule has 8 nitrogen and oxygen atoms in total. The molecule has 3 aromatic rings. The number of esters is 1. The van der Waals surface area contributed by atoms with E-state index in [1.165, 1.54) is 0 Å². The Hall–Kier alpha value is -3.94. The van der Waals surface area contributed by atoms with Crippen LogP contribution in [0.5, 0.6) is 0 Å². The van der Waals surface area contributed by atoms with E-state index < -0.39 is 18.5 Å². The molecule has 0 atom stereocenters. The summed E-state index contributed by atoms with van der Waals surface area (Å²) in [5.74, 6) is -0.728. The number of hydrogen-bond donors (Lipinski definition) is 2. The van der Waals surface area contributed by atoms with Gasteiger partial charge >= 0.3 is 5.97 Å². The number of ether oxygens (including phenoxy) is 1. The maximum Gasteiger partial charge on any atom is 0.339 e. The summed E-state index contributed by atoms with van der Waals surface area (Å²) in [7, 11) is 0. The zero-order valence-electron chi connectivity index (χ0n) is 17.1. The van der Waals surface area contributed by atoms with Gasteiger partial charge in [0.1, 0.15) is 0 Å². The molecule has 0 spiro atoms. The molecule has 1 aromatic heterocycles. The Morgan fingerprint density at radius 2 is 1.71 bits per heavy atom. The third-order valence-corrected chi connectivity index (χ3v) is 4.29. The molecule has 0 unspecified atom stereocenters. The van der Waals surface area contributed by atoms with Crippen molar-refractivity contribution in [1.82, 2.24) is 15.6 Å². The second-order valence-corrected chi connectivity index (χ2v) is 6.64. The van der Waals surface area contributed by atoms with E-state index in [2.05, 4.69) is 15.6 Å². The molecule has 2 aromatic carbocycles. The van der Waals surface area contributed by atoms with Crippen molar-refractivity contribution in [3.63, 3.8) is 0 Å². The Morgan fingerprint density at radius 3 is 2.48 bits per heavy atom. The molecule has 0 bridgehead atoms. The molecule has 31 heavy (non-hydrogen) atoms. The summed E-state index contributed by atoms with van der Waals surface area (Å²) in [6.07, 6.45) is 2.39. The van der Waals surface area contributed by atoms with Crippen LogP contribution in [0.3, 0.4) is 0 Å². The molecule has 0 saturated heterocycles. The Kier molecular flexibility index (Phi) is 7.53. The molecule has 0 fully saturated rings. The minimum atomic E-state index is -0.694. The van der Waals surface area contributed by atoms with Crippen LogP contribution in [0.2, 0.25) is 0 Å². The summed E-state index contributed by atoms with van der Waals surface area (Å²) in [4.78, 5) is 40.2. The van der Waals surface area contributed by atoms with Gasteiger partial charge in [-0.05, 0) is 18.6 Å². The molecular weight excluding hydrogens is 398 g/mol. The van der Waals surface area contributed by atoms with Crippen LogP contribution in [-0.2, 0) is 14.3 Å². The van der Waals surface area contributed by atoms with Gasteiger partial charge in [0.15, 0.2) is 12.4 Å². The van der Waals surface area contributed by atoms with Crippen LogP contribution in [0.25, 0.3) is 22.8 Å². The second kappa shape index (κ2) is 10.7. The van der Waals surface area contributed by atoms with E-state index in [4.69, 9.17) is 9.15 Å². The number of carbonyl (C=O) groups is 3. The Bertz CT molecular complexity index is 1050. The minimum absolute atomic E-state index is 0.175. The van der Waals surface area contributed by atoms with Crippen LogP contribution in [0, 0.1) is 0 Å². The van der Waals surface area contributed by atoms with Crippen molar-refractivity contribution in [1.29, 1.82) is 0 Å². The van der Waals surface area contributed by atoms with Gasteiger partial charge in [-0.25, -0.2) is 9.78 Å². The molecule has 0 aliphatic heterocycles. The maximum atomic E-state index is 12.5. The molecule has 2 N–H and O–H groups in total. The number of nitrogens with zero attached hydrogens (tertiary/aromatic N) is 1. The Morgan fingerprint density at radius 1 is 0.968 bits per heavy atom. The van der Waals surface area contributed by atoms with E-state index in [0.29, 0.717) is 17.9 Å². The number of rotatable bonds is 9. The van der Waals surface area contributed by atoms with Crippen molar-refractivity contribution in [2.24, 2.45) is 0 Å².